The van der Waals surface area contributed by atoms with Crippen molar-refractivity contribution in [3.63, 3.8) is 0 Å². The summed E-state index contributed by atoms with van der Waals surface area (Å²) in [5, 5.41) is 3.53. The van der Waals surface area contributed by atoms with E-state index in [-0.39, 0.29) is 11.1 Å². The topological polar surface area (TPSA) is 37.8 Å². The molecule has 0 saturated heterocycles. The SMILES string of the molecule is Fc1cccc(CNc2nc(Cl)nc3c2CCCC3)c1. The molecule has 1 heterocycles. The number of anilines is 1. The average Bonchev–Trinajstić information content (AvgIpc) is 2.44. The second-order valence-corrected chi connectivity index (χ2v) is 5.30. The third kappa shape index (κ3) is 2.90. The molecule has 0 amide bonds. The summed E-state index contributed by atoms with van der Waals surface area (Å²) in [5.74, 6) is 0.552. The number of fused-ring (bicyclic) bond motifs is 1. The Kier molecular flexibility index (Phi) is 3.83. The summed E-state index contributed by atoms with van der Waals surface area (Å²) in [6.45, 7) is 0.525. The van der Waals surface area contributed by atoms with Crippen molar-refractivity contribution in [3.05, 3.63) is 52.2 Å². The molecule has 1 aromatic carbocycles. The molecule has 5 heteroatoms. The minimum Gasteiger partial charge on any atom is -0.366 e. The molecule has 0 unspecified atom stereocenters. The van der Waals surface area contributed by atoms with Crippen LogP contribution in [0.3, 0.4) is 0 Å². The molecule has 1 aliphatic carbocycles. The second-order valence-electron chi connectivity index (χ2n) is 4.96. The van der Waals surface area contributed by atoms with E-state index in [1.165, 1.54) is 12.1 Å². The summed E-state index contributed by atoms with van der Waals surface area (Å²) in [4.78, 5) is 8.57. The molecule has 20 heavy (non-hydrogen) atoms. The molecule has 1 aliphatic rings. The van der Waals surface area contributed by atoms with Gasteiger partial charge in [-0.25, -0.2) is 14.4 Å². The first kappa shape index (κ1) is 13.3. The van der Waals surface area contributed by atoms with Gasteiger partial charge in [0.1, 0.15) is 11.6 Å². The minimum atomic E-state index is -0.230. The zero-order valence-electron chi connectivity index (χ0n) is 11.0. The van der Waals surface area contributed by atoms with Crippen LogP contribution in [0.25, 0.3) is 0 Å². The van der Waals surface area contributed by atoms with Crippen LogP contribution < -0.4 is 5.32 Å². The summed E-state index contributed by atoms with van der Waals surface area (Å²) in [7, 11) is 0. The highest BCUT2D eigenvalue weighted by Crippen LogP contribution is 2.26. The van der Waals surface area contributed by atoms with Crippen molar-refractivity contribution in [2.24, 2.45) is 0 Å². The molecule has 3 rings (SSSR count). The lowest BCUT2D eigenvalue weighted by molar-refractivity contribution is 0.625. The molecule has 0 atom stereocenters. The molecule has 1 aromatic heterocycles. The van der Waals surface area contributed by atoms with E-state index in [1.54, 1.807) is 6.07 Å². The second kappa shape index (κ2) is 5.75. The number of halogens is 2. The first-order valence-electron chi connectivity index (χ1n) is 6.76. The van der Waals surface area contributed by atoms with Crippen molar-refractivity contribution < 1.29 is 4.39 Å². The van der Waals surface area contributed by atoms with Gasteiger partial charge in [0.05, 0.1) is 5.69 Å². The number of aromatic nitrogens is 2. The van der Waals surface area contributed by atoms with E-state index in [0.29, 0.717) is 6.54 Å². The minimum absolute atomic E-state index is 0.230. The van der Waals surface area contributed by atoms with Gasteiger partial charge >= 0.3 is 0 Å². The maximum atomic E-state index is 13.2. The molecule has 0 aliphatic heterocycles. The molecule has 0 bridgehead atoms. The van der Waals surface area contributed by atoms with Crippen LogP contribution in [0, 0.1) is 5.82 Å². The van der Waals surface area contributed by atoms with E-state index in [2.05, 4.69) is 15.3 Å². The lowest BCUT2D eigenvalue weighted by Crippen LogP contribution is -2.12. The normalized spacial score (nSPS) is 13.9. The molecule has 2 aromatic rings. The first-order chi connectivity index (χ1) is 9.72. The fourth-order valence-corrected chi connectivity index (χ4v) is 2.73. The van der Waals surface area contributed by atoms with Gasteiger partial charge in [-0.05, 0) is 55.0 Å². The lowest BCUT2D eigenvalue weighted by Gasteiger charge is -2.18. The highest BCUT2D eigenvalue weighted by molar-refractivity contribution is 6.28. The van der Waals surface area contributed by atoms with E-state index in [0.717, 1.165) is 48.3 Å². The molecule has 0 radical (unpaired) electrons. The Labute approximate surface area is 122 Å². The Bertz CT molecular complexity index is 631. The van der Waals surface area contributed by atoms with Crippen molar-refractivity contribution in [1.29, 1.82) is 0 Å². The number of hydrogen-bond donors (Lipinski definition) is 1. The summed E-state index contributed by atoms with van der Waals surface area (Å²) in [5.41, 5.74) is 3.07. The van der Waals surface area contributed by atoms with Crippen molar-refractivity contribution in [2.75, 3.05) is 5.32 Å². The van der Waals surface area contributed by atoms with Crippen LogP contribution in [0.4, 0.5) is 10.2 Å². The van der Waals surface area contributed by atoms with E-state index < -0.39 is 0 Å². The van der Waals surface area contributed by atoms with Gasteiger partial charge in [0, 0.05) is 12.1 Å². The molecule has 0 fully saturated rings. The van der Waals surface area contributed by atoms with Crippen LogP contribution in [0.15, 0.2) is 24.3 Å². The predicted octanol–water partition coefficient (Wildman–Crippen LogP) is 3.76. The van der Waals surface area contributed by atoms with Gasteiger partial charge in [0.15, 0.2) is 0 Å². The van der Waals surface area contributed by atoms with E-state index in [9.17, 15) is 4.39 Å². The Morgan fingerprint density at radius 1 is 1.20 bits per heavy atom. The number of benzene rings is 1. The van der Waals surface area contributed by atoms with Crippen molar-refractivity contribution in [2.45, 2.75) is 32.2 Å². The number of aryl methyl sites for hydroxylation is 1. The van der Waals surface area contributed by atoms with Gasteiger partial charge < -0.3 is 5.32 Å². The zero-order chi connectivity index (χ0) is 13.9. The maximum Gasteiger partial charge on any atom is 0.224 e. The van der Waals surface area contributed by atoms with Crippen molar-refractivity contribution in [3.8, 4) is 0 Å². The summed E-state index contributed by atoms with van der Waals surface area (Å²) >= 11 is 5.97. The largest absolute Gasteiger partial charge is 0.366 e. The molecule has 1 N–H and O–H groups in total. The van der Waals surface area contributed by atoms with Gasteiger partial charge in [0.2, 0.25) is 5.28 Å². The van der Waals surface area contributed by atoms with E-state index in [4.69, 9.17) is 11.6 Å². The zero-order valence-corrected chi connectivity index (χ0v) is 11.8. The van der Waals surface area contributed by atoms with Crippen LogP contribution in [0.5, 0.6) is 0 Å². The van der Waals surface area contributed by atoms with Gasteiger partial charge in [-0.2, -0.15) is 0 Å². The standard InChI is InChI=1S/C15H15ClFN3/c16-15-19-13-7-2-1-6-12(13)14(20-15)18-9-10-4-3-5-11(17)8-10/h3-5,8H,1-2,6-7,9H2,(H,18,19,20). The number of nitrogens with zero attached hydrogens (tertiary/aromatic N) is 2. The Hall–Kier alpha value is -1.68. The highest BCUT2D eigenvalue weighted by Gasteiger charge is 2.17. The number of hydrogen-bond acceptors (Lipinski definition) is 3. The maximum absolute atomic E-state index is 13.2. The van der Waals surface area contributed by atoms with Gasteiger partial charge in [-0.1, -0.05) is 12.1 Å². The number of rotatable bonds is 3. The Morgan fingerprint density at radius 3 is 2.90 bits per heavy atom. The van der Waals surface area contributed by atoms with Gasteiger partial charge in [0.25, 0.3) is 0 Å². The quantitative estimate of drug-likeness (QED) is 0.875. The van der Waals surface area contributed by atoms with Crippen LogP contribution >= 0.6 is 11.6 Å². The van der Waals surface area contributed by atoms with E-state index >= 15 is 0 Å². The predicted molar refractivity (Wildman–Crippen MR) is 77.4 cm³/mol. The third-order valence-corrected chi connectivity index (χ3v) is 3.67. The Morgan fingerprint density at radius 2 is 2.05 bits per heavy atom. The average molecular weight is 292 g/mol. The fourth-order valence-electron chi connectivity index (χ4n) is 2.54. The molecular formula is C15H15ClFN3. The Balaban J connectivity index is 1.82. The summed E-state index contributed by atoms with van der Waals surface area (Å²) in [6, 6.07) is 6.54. The van der Waals surface area contributed by atoms with Gasteiger partial charge in [-0.15, -0.1) is 0 Å². The van der Waals surface area contributed by atoms with Crippen LogP contribution in [-0.2, 0) is 19.4 Å². The molecule has 104 valence electrons. The molecule has 3 nitrogen and oxygen atoms in total. The highest BCUT2D eigenvalue weighted by atomic mass is 35.5. The first-order valence-corrected chi connectivity index (χ1v) is 7.14. The van der Waals surface area contributed by atoms with Gasteiger partial charge in [-0.3, -0.25) is 0 Å². The fraction of sp³-hybridized carbons (Fsp3) is 0.333. The molecule has 0 spiro atoms. The third-order valence-electron chi connectivity index (χ3n) is 3.50. The van der Waals surface area contributed by atoms with E-state index in [1.807, 2.05) is 6.07 Å². The summed E-state index contributed by atoms with van der Waals surface area (Å²) < 4.78 is 13.2. The van der Waals surface area contributed by atoms with Crippen LogP contribution in [-0.4, -0.2) is 9.97 Å². The smallest absolute Gasteiger partial charge is 0.224 e. The molecular weight excluding hydrogens is 277 g/mol. The van der Waals surface area contributed by atoms with Crippen molar-refractivity contribution in [1.82, 2.24) is 9.97 Å². The number of nitrogens with one attached hydrogen (secondary N) is 1. The van der Waals surface area contributed by atoms with Crippen LogP contribution in [0.2, 0.25) is 5.28 Å². The van der Waals surface area contributed by atoms with Crippen molar-refractivity contribution >= 4 is 17.4 Å². The monoisotopic (exact) mass is 291 g/mol. The summed E-state index contributed by atoms with van der Waals surface area (Å²) in [6.07, 6.45) is 4.21. The van der Waals surface area contributed by atoms with Crippen LogP contribution in [0.1, 0.15) is 29.7 Å². The lowest BCUT2D eigenvalue weighted by atomic mass is 9.96. The molecule has 0 saturated carbocycles.